The van der Waals surface area contributed by atoms with Gasteiger partial charge >= 0.3 is 0 Å². The highest BCUT2D eigenvalue weighted by atomic mass is 32.2. The van der Waals surface area contributed by atoms with E-state index < -0.39 is 21.4 Å². The number of nitrogens with zero attached hydrogens (tertiary/aromatic N) is 5. The Labute approximate surface area is 193 Å². The molecule has 34 heavy (non-hydrogen) atoms. The van der Waals surface area contributed by atoms with Gasteiger partial charge in [-0.15, -0.1) is 5.10 Å². The van der Waals surface area contributed by atoms with E-state index in [1.165, 1.54) is 33.3 Å². The van der Waals surface area contributed by atoms with Gasteiger partial charge in [0.25, 0.3) is 5.56 Å². The number of halogens is 2. The SMILES string of the molecule is O=c1[nH]c(C2CCN(S(=O)(=O)c3ccc(F)cc3)CC2)nc2c1nnn2Cc1ccc(F)cc1. The third-order valence-electron chi connectivity index (χ3n) is 5.93. The second kappa shape index (κ2) is 8.69. The van der Waals surface area contributed by atoms with E-state index >= 15 is 0 Å². The molecular weight excluding hydrogens is 466 g/mol. The number of sulfonamides is 1. The predicted octanol–water partition coefficient (Wildman–Crippen LogP) is 2.41. The van der Waals surface area contributed by atoms with E-state index in [2.05, 4.69) is 20.3 Å². The van der Waals surface area contributed by atoms with E-state index in [1.807, 2.05) is 0 Å². The first kappa shape index (κ1) is 22.3. The molecule has 2 aromatic carbocycles. The average molecular weight is 487 g/mol. The molecule has 1 N–H and O–H groups in total. The van der Waals surface area contributed by atoms with Gasteiger partial charge < -0.3 is 4.98 Å². The van der Waals surface area contributed by atoms with Crippen LogP contribution in [0.3, 0.4) is 0 Å². The van der Waals surface area contributed by atoms with Crippen molar-refractivity contribution in [1.29, 1.82) is 0 Å². The summed E-state index contributed by atoms with van der Waals surface area (Å²) in [4.78, 5) is 20.0. The highest BCUT2D eigenvalue weighted by molar-refractivity contribution is 7.89. The van der Waals surface area contributed by atoms with E-state index in [0.717, 1.165) is 17.7 Å². The summed E-state index contributed by atoms with van der Waals surface area (Å²) >= 11 is 0. The molecule has 0 saturated carbocycles. The summed E-state index contributed by atoms with van der Waals surface area (Å²) in [6, 6.07) is 10.7. The first-order valence-corrected chi connectivity index (χ1v) is 12.1. The quantitative estimate of drug-likeness (QED) is 0.464. The maximum atomic E-state index is 13.2. The molecule has 3 heterocycles. The summed E-state index contributed by atoms with van der Waals surface area (Å²) in [6.07, 6.45) is 0.906. The van der Waals surface area contributed by atoms with Gasteiger partial charge in [0.1, 0.15) is 17.5 Å². The largest absolute Gasteiger partial charge is 0.308 e. The standard InChI is InChI=1S/C22H20F2N6O3S/c23-16-3-1-14(2-4-16)13-30-21-19(27-28-30)22(31)26-20(25-21)15-9-11-29(12-10-15)34(32,33)18-7-5-17(24)6-8-18/h1-8,15H,9-13H2,(H,25,26,31). The normalized spacial score (nSPS) is 15.7. The van der Waals surface area contributed by atoms with E-state index in [4.69, 9.17) is 0 Å². The van der Waals surface area contributed by atoms with Gasteiger partial charge in [-0.2, -0.15) is 4.31 Å². The number of nitrogens with one attached hydrogen (secondary N) is 1. The number of aromatic nitrogens is 5. The molecule has 2 aromatic heterocycles. The minimum Gasteiger partial charge on any atom is -0.308 e. The topological polar surface area (TPSA) is 114 Å². The van der Waals surface area contributed by atoms with Crippen LogP contribution in [0.2, 0.25) is 0 Å². The van der Waals surface area contributed by atoms with E-state index in [1.54, 1.807) is 12.1 Å². The van der Waals surface area contributed by atoms with Gasteiger partial charge in [-0.1, -0.05) is 17.3 Å². The zero-order chi connectivity index (χ0) is 23.9. The Bertz CT molecular complexity index is 1490. The molecule has 0 atom stereocenters. The zero-order valence-corrected chi connectivity index (χ0v) is 18.7. The van der Waals surface area contributed by atoms with Crippen LogP contribution in [0.1, 0.15) is 30.1 Å². The molecule has 0 aliphatic carbocycles. The Hall–Kier alpha value is -3.51. The lowest BCUT2D eigenvalue weighted by molar-refractivity contribution is 0.313. The minimum absolute atomic E-state index is 0.0380. The molecule has 1 saturated heterocycles. The first-order chi connectivity index (χ1) is 16.3. The Morgan fingerprint density at radius 2 is 1.59 bits per heavy atom. The molecule has 4 aromatic rings. The van der Waals surface area contributed by atoms with Gasteiger partial charge in [-0.05, 0) is 54.8 Å². The number of aromatic amines is 1. The summed E-state index contributed by atoms with van der Waals surface area (Å²) in [6.45, 7) is 0.736. The van der Waals surface area contributed by atoms with Crippen molar-refractivity contribution in [3.8, 4) is 0 Å². The van der Waals surface area contributed by atoms with Crippen LogP contribution in [0.5, 0.6) is 0 Å². The van der Waals surface area contributed by atoms with Gasteiger partial charge in [0.05, 0.1) is 11.4 Å². The fraction of sp³-hybridized carbons (Fsp3) is 0.273. The third kappa shape index (κ3) is 4.21. The first-order valence-electron chi connectivity index (χ1n) is 10.6. The molecule has 0 unspecified atom stereocenters. The van der Waals surface area contributed by atoms with Crippen LogP contribution in [-0.4, -0.2) is 50.8 Å². The molecule has 1 aliphatic rings. The van der Waals surface area contributed by atoms with Crippen molar-refractivity contribution < 1.29 is 17.2 Å². The number of rotatable bonds is 5. The number of hydrogen-bond donors (Lipinski definition) is 1. The van der Waals surface area contributed by atoms with Crippen molar-refractivity contribution in [2.75, 3.05) is 13.1 Å². The summed E-state index contributed by atoms with van der Waals surface area (Å²) in [5.74, 6) is -0.571. The fourth-order valence-corrected chi connectivity index (χ4v) is 5.54. The van der Waals surface area contributed by atoms with Crippen LogP contribution in [-0.2, 0) is 16.6 Å². The van der Waals surface area contributed by atoms with Crippen molar-refractivity contribution >= 4 is 21.2 Å². The molecule has 0 amide bonds. The van der Waals surface area contributed by atoms with Crippen molar-refractivity contribution in [3.63, 3.8) is 0 Å². The second-order valence-corrected chi connectivity index (χ2v) is 10.1. The van der Waals surface area contributed by atoms with Crippen LogP contribution in [0, 0.1) is 11.6 Å². The number of piperidine rings is 1. The van der Waals surface area contributed by atoms with Gasteiger partial charge in [-0.3, -0.25) is 4.79 Å². The number of benzene rings is 2. The van der Waals surface area contributed by atoms with Crippen LogP contribution >= 0.6 is 0 Å². The molecule has 0 radical (unpaired) electrons. The second-order valence-electron chi connectivity index (χ2n) is 8.13. The monoisotopic (exact) mass is 486 g/mol. The number of hydrogen-bond acceptors (Lipinski definition) is 6. The van der Waals surface area contributed by atoms with Crippen molar-refractivity contribution in [3.05, 3.63) is 81.9 Å². The summed E-state index contributed by atoms with van der Waals surface area (Å²) in [5.41, 5.74) is 0.759. The molecule has 5 rings (SSSR count). The molecule has 0 bridgehead atoms. The maximum Gasteiger partial charge on any atom is 0.281 e. The van der Waals surface area contributed by atoms with Gasteiger partial charge in [-0.25, -0.2) is 26.9 Å². The lowest BCUT2D eigenvalue weighted by atomic mass is 9.97. The lowest BCUT2D eigenvalue weighted by Gasteiger charge is -2.30. The Morgan fingerprint density at radius 3 is 2.24 bits per heavy atom. The van der Waals surface area contributed by atoms with Crippen LogP contribution < -0.4 is 5.56 Å². The summed E-state index contributed by atoms with van der Waals surface area (Å²) in [5, 5.41) is 7.94. The highest BCUT2D eigenvalue weighted by Gasteiger charge is 2.31. The molecule has 0 spiro atoms. The molecule has 9 nitrogen and oxygen atoms in total. The van der Waals surface area contributed by atoms with E-state index in [-0.39, 0.29) is 41.8 Å². The van der Waals surface area contributed by atoms with Gasteiger partial charge in [0.2, 0.25) is 10.0 Å². The smallest absolute Gasteiger partial charge is 0.281 e. The Balaban J connectivity index is 1.36. The molecule has 176 valence electrons. The lowest BCUT2D eigenvalue weighted by Crippen LogP contribution is -2.38. The number of fused-ring (bicyclic) bond motifs is 1. The fourth-order valence-electron chi connectivity index (χ4n) is 4.07. The highest BCUT2D eigenvalue weighted by Crippen LogP contribution is 2.29. The van der Waals surface area contributed by atoms with Crippen molar-refractivity contribution in [2.24, 2.45) is 0 Å². The van der Waals surface area contributed by atoms with E-state index in [9.17, 15) is 22.0 Å². The van der Waals surface area contributed by atoms with Crippen LogP contribution in [0.4, 0.5) is 8.78 Å². The van der Waals surface area contributed by atoms with Crippen molar-refractivity contribution in [2.45, 2.75) is 30.2 Å². The van der Waals surface area contributed by atoms with E-state index in [0.29, 0.717) is 24.3 Å². The molecule has 1 fully saturated rings. The predicted molar refractivity (Wildman–Crippen MR) is 119 cm³/mol. The van der Waals surface area contributed by atoms with Gasteiger partial charge in [0, 0.05) is 19.0 Å². The molecular formula is C22H20F2N6O3S. The molecule has 1 aliphatic heterocycles. The average Bonchev–Trinajstić information content (AvgIpc) is 3.24. The minimum atomic E-state index is -3.74. The number of H-pyrrole nitrogens is 1. The zero-order valence-electron chi connectivity index (χ0n) is 17.9. The Morgan fingerprint density at radius 1 is 0.971 bits per heavy atom. The summed E-state index contributed by atoms with van der Waals surface area (Å²) in [7, 11) is -3.74. The maximum absolute atomic E-state index is 13.2. The third-order valence-corrected chi connectivity index (χ3v) is 7.84. The summed E-state index contributed by atoms with van der Waals surface area (Å²) < 4.78 is 54.9. The van der Waals surface area contributed by atoms with Gasteiger partial charge in [0.15, 0.2) is 11.2 Å². The van der Waals surface area contributed by atoms with Crippen LogP contribution in [0.15, 0.2) is 58.2 Å². The molecule has 12 heteroatoms. The van der Waals surface area contributed by atoms with Crippen molar-refractivity contribution in [1.82, 2.24) is 29.3 Å². The van der Waals surface area contributed by atoms with Crippen LogP contribution in [0.25, 0.3) is 11.2 Å². The Kier molecular flexibility index (Phi) is 5.70.